The summed E-state index contributed by atoms with van der Waals surface area (Å²) in [6, 6.07) is 11.2. The number of fused-ring (bicyclic) bond motifs is 1. The van der Waals surface area contributed by atoms with Gasteiger partial charge in [-0.25, -0.2) is 4.98 Å². The summed E-state index contributed by atoms with van der Waals surface area (Å²) in [6.07, 6.45) is -0.635. The molecule has 2 aromatic carbocycles. The summed E-state index contributed by atoms with van der Waals surface area (Å²) in [5.41, 5.74) is 2.75. The van der Waals surface area contributed by atoms with Crippen LogP contribution in [0.25, 0.3) is 11.0 Å². The van der Waals surface area contributed by atoms with Crippen LogP contribution in [0.5, 0.6) is 11.5 Å². The van der Waals surface area contributed by atoms with Gasteiger partial charge < -0.3 is 28.6 Å². The fourth-order valence-corrected chi connectivity index (χ4v) is 4.20. The Labute approximate surface area is 191 Å². The van der Waals surface area contributed by atoms with E-state index in [1.54, 1.807) is 21.3 Å². The number of halogens is 1. The zero-order chi connectivity index (χ0) is 22.2. The molecule has 1 heterocycles. The highest BCUT2D eigenvalue weighted by Crippen LogP contribution is 2.28. The molecule has 0 saturated heterocycles. The Bertz CT molecular complexity index is 997. The first-order valence-corrected chi connectivity index (χ1v) is 11.2. The van der Waals surface area contributed by atoms with Gasteiger partial charge in [-0.05, 0) is 35.9 Å². The van der Waals surface area contributed by atoms with Crippen molar-refractivity contribution in [3.05, 3.63) is 47.0 Å². The van der Waals surface area contributed by atoms with Crippen molar-refractivity contribution in [2.45, 2.75) is 24.4 Å². The second-order valence-corrected chi connectivity index (χ2v) is 8.26. The molecule has 3 rings (SSSR count). The normalized spacial score (nSPS) is 12.3. The van der Waals surface area contributed by atoms with Crippen molar-refractivity contribution in [1.29, 1.82) is 0 Å². The van der Waals surface area contributed by atoms with E-state index in [4.69, 9.17) is 30.5 Å². The van der Waals surface area contributed by atoms with E-state index in [2.05, 4.69) is 9.55 Å². The number of imidazole rings is 1. The van der Waals surface area contributed by atoms with E-state index in [-0.39, 0.29) is 6.61 Å². The number of methoxy groups -OCH3 is 3. The SMILES string of the molecule is COCCn1c(SC[C@H](O)COCc2ccc(OC)c(OC)c2)nc2cc(Cl)ccc21. The Hall–Kier alpha value is -1.97. The van der Waals surface area contributed by atoms with Gasteiger partial charge in [-0.2, -0.15) is 0 Å². The Morgan fingerprint density at radius 1 is 1.10 bits per heavy atom. The highest BCUT2D eigenvalue weighted by Gasteiger charge is 2.14. The van der Waals surface area contributed by atoms with E-state index in [1.807, 2.05) is 36.4 Å². The second-order valence-electron chi connectivity index (χ2n) is 6.84. The molecule has 0 radical (unpaired) electrons. The van der Waals surface area contributed by atoms with Crippen LogP contribution in [-0.4, -0.2) is 61.1 Å². The number of rotatable bonds is 12. The first kappa shape index (κ1) is 23.7. The van der Waals surface area contributed by atoms with Gasteiger partial charge in [0.2, 0.25) is 0 Å². The van der Waals surface area contributed by atoms with Gasteiger partial charge >= 0.3 is 0 Å². The fourth-order valence-electron chi connectivity index (χ4n) is 3.09. The average molecular weight is 467 g/mol. The zero-order valence-electron chi connectivity index (χ0n) is 17.8. The highest BCUT2D eigenvalue weighted by molar-refractivity contribution is 7.99. The summed E-state index contributed by atoms with van der Waals surface area (Å²) >= 11 is 7.58. The minimum Gasteiger partial charge on any atom is -0.493 e. The summed E-state index contributed by atoms with van der Waals surface area (Å²) in [6.45, 7) is 1.82. The molecule has 0 spiro atoms. The van der Waals surface area contributed by atoms with E-state index in [9.17, 15) is 5.11 Å². The highest BCUT2D eigenvalue weighted by atomic mass is 35.5. The topological polar surface area (TPSA) is 75.0 Å². The third-order valence-electron chi connectivity index (χ3n) is 4.63. The van der Waals surface area contributed by atoms with E-state index in [0.717, 1.165) is 21.8 Å². The van der Waals surface area contributed by atoms with Gasteiger partial charge in [-0.15, -0.1) is 0 Å². The van der Waals surface area contributed by atoms with Crippen molar-refractivity contribution in [2.24, 2.45) is 0 Å². The van der Waals surface area contributed by atoms with Crippen LogP contribution in [0.15, 0.2) is 41.6 Å². The van der Waals surface area contributed by atoms with Crippen molar-refractivity contribution in [3.63, 3.8) is 0 Å². The molecule has 0 bridgehead atoms. The number of thioether (sulfide) groups is 1. The van der Waals surface area contributed by atoms with Crippen molar-refractivity contribution >= 4 is 34.4 Å². The molecule has 1 N–H and O–H groups in total. The van der Waals surface area contributed by atoms with Crippen molar-refractivity contribution < 1.29 is 24.1 Å². The van der Waals surface area contributed by atoms with Crippen LogP contribution in [0.1, 0.15) is 5.56 Å². The van der Waals surface area contributed by atoms with Crippen LogP contribution in [0.2, 0.25) is 5.02 Å². The largest absolute Gasteiger partial charge is 0.493 e. The number of aliphatic hydroxyl groups excluding tert-OH is 1. The van der Waals surface area contributed by atoms with Crippen LogP contribution in [0.4, 0.5) is 0 Å². The Kier molecular flexibility index (Phi) is 8.86. The molecule has 31 heavy (non-hydrogen) atoms. The first-order valence-electron chi connectivity index (χ1n) is 9.80. The van der Waals surface area contributed by atoms with E-state index in [1.165, 1.54) is 11.8 Å². The molecule has 0 fully saturated rings. The van der Waals surface area contributed by atoms with Gasteiger partial charge in [0.15, 0.2) is 16.7 Å². The lowest BCUT2D eigenvalue weighted by Crippen LogP contribution is -2.18. The first-order chi connectivity index (χ1) is 15.0. The number of aliphatic hydroxyl groups is 1. The molecular weight excluding hydrogens is 440 g/mol. The summed E-state index contributed by atoms with van der Waals surface area (Å²) in [5.74, 6) is 1.77. The average Bonchev–Trinajstić information content (AvgIpc) is 3.12. The van der Waals surface area contributed by atoms with Crippen LogP contribution in [0, 0.1) is 0 Å². The van der Waals surface area contributed by atoms with E-state index in [0.29, 0.717) is 42.0 Å². The molecule has 168 valence electrons. The summed E-state index contributed by atoms with van der Waals surface area (Å²) in [5, 5.41) is 11.8. The van der Waals surface area contributed by atoms with Crippen LogP contribution >= 0.6 is 23.4 Å². The van der Waals surface area contributed by atoms with Crippen molar-refractivity contribution in [2.75, 3.05) is 40.3 Å². The van der Waals surface area contributed by atoms with Gasteiger partial charge in [0.25, 0.3) is 0 Å². The number of ether oxygens (including phenoxy) is 4. The fraction of sp³-hybridized carbons (Fsp3) is 0.409. The minimum absolute atomic E-state index is 0.214. The van der Waals surface area contributed by atoms with Gasteiger partial charge in [0.1, 0.15) is 0 Å². The summed E-state index contributed by atoms with van der Waals surface area (Å²) in [7, 11) is 4.86. The molecule has 0 aliphatic heterocycles. The molecule has 0 amide bonds. The van der Waals surface area contributed by atoms with Gasteiger partial charge in [0.05, 0.1) is 51.2 Å². The molecule has 0 aliphatic rings. The molecule has 9 heteroatoms. The maximum absolute atomic E-state index is 10.4. The van der Waals surface area contributed by atoms with E-state index < -0.39 is 6.10 Å². The standard InChI is InChI=1S/C22H27ClN2O5S/c1-27-9-8-25-19-6-5-16(23)11-18(19)24-22(25)31-14-17(26)13-30-12-15-4-7-20(28-2)21(10-15)29-3/h4-7,10-11,17,26H,8-9,12-14H2,1-3H3/t17-/m1/s1. The number of aromatic nitrogens is 2. The van der Waals surface area contributed by atoms with Gasteiger partial charge in [-0.3, -0.25) is 0 Å². The monoisotopic (exact) mass is 466 g/mol. The van der Waals surface area contributed by atoms with Gasteiger partial charge in [-0.1, -0.05) is 29.4 Å². The quantitative estimate of drug-likeness (QED) is 0.404. The lowest BCUT2D eigenvalue weighted by Gasteiger charge is -2.13. The predicted molar refractivity (Wildman–Crippen MR) is 123 cm³/mol. The summed E-state index contributed by atoms with van der Waals surface area (Å²) in [4.78, 5) is 4.67. The Morgan fingerprint density at radius 3 is 2.65 bits per heavy atom. The predicted octanol–water partition coefficient (Wildman–Crippen LogP) is 4.02. The molecular formula is C22H27ClN2O5S. The second kappa shape index (κ2) is 11.6. The lowest BCUT2D eigenvalue weighted by molar-refractivity contribution is 0.0397. The number of hydrogen-bond donors (Lipinski definition) is 1. The maximum Gasteiger partial charge on any atom is 0.169 e. The van der Waals surface area contributed by atoms with Crippen molar-refractivity contribution in [3.8, 4) is 11.5 Å². The molecule has 1 atom stereocenters. The van der Waals surface area contributed by atoms with Crippen LogP contribution < -0.4 is 9.47 Å². The molecule has 0 aliphatic carbocycles. The van der Waals surface area contributed by atoms with Crippen LogP contribution in [-0.2, 0) is 22.6 Å². The number of hydrogen-bond acceptors (Lipinski definition) is 7. The van der Waals surface area contributed by atoms with Crippen LogP contribution in [0.3, 0.4) is 0 Å². The third-order valence-corrected chi connectivity index (χ3v) is 5.98. The summed E-state index contributed by atoms with van der Waals surface area (Å²) < 4.78 is 23.5. The van der Waals surface area contributed by atoms with Gasteiger partial charge in [0, 0.05) is 24.4 Å². The lowest BCUT2D eigenvalue weighted by atomic mass is 10.2. The Morgan fingerprint density at radius 2 is 1.90 bits per heavy atom. The molecule has 3 aromatic rings. The number of nitrogens with zero attached hydrogens (tertiary/aromatic N) is 2. The minimum atomic E-state index is -0.635. The number of benzene rings is 2. The van der Waals surface area contributed by atoms with E-state index >= 15 is 0 Å². The molecule has 7 nitrogen and oxygen atoms in total. The molecule has 1 aromatic heterocycles. The zero-order valence-corrected chi connectivity index (χ0v) is 19.4. The Balaban J connectivity index is 1.55. The molecule has 0 saturated carbocycles. The van der Waals surface area contributed by atoms with Crippen molar-refractivity contribution in [1.82, 2.24) is 9.55 Å². The maximum atomic E-state index is 10.4. The smallest absolute Gasteiger partial charge is 0.169 e. The third kappa shape index (κ3) is 6.27. The molecule has 0 unspecified atom stereocenters.